The summed E-state index contributed by atoms with van der Waals surface area (Å²) in [4.78, 5) is 15.8. The number of allylic oxidation sites excluding steroid dienone is 2. The van der Waals surface area contributed by atoms with E-state index in [1.807, 2.05) is 0 Å². The lowest BCUT2D eigenvalue weighted by Gasteiger charge is -2.15. The molecule has 0 atom stereocenters. The first-order valence-corrected chi connectivity index (χ1v) is 7.62. The van der Waals surface area contributed by atoms with E-state index >= 15 is 0 Å². The van der Waals surface area contributed by atoms with Crippen molar-refractivity contribution in [2.75, 3.05) is 11.1 Å². The summed E-state index contributed by atoms with van der Waals surface area (Å²) in [5, 5.41) is 3.08. The van der Waals surface area contributed by atoms with Gasteiger partial charge >= 0.3 is 0 Å². The van der Waals surface area contributed by atoms with Crippen molar-refractivity contribution in [1.29, 1.82) is 0 Å². The third-order valence-electron chi connectivity index (χ3n) is 2.71. The molecule has 1 aromatic rings. The first-order chi connectivity index (χ1) is 9.70. The number of hydrogen-bond donors (Lipinski definition) is 2. The highest BCUT2D eigenvalue weighted by atomic mass is 35.6. The van der Waals surface area contributed by atoms with Crippen molar-refractivity contribution in [2.45, 2.75) is 30.5 Å². The topological polar surface area (TPSA) is 68.0 Å². The van der Waals surface area contributed by atoms with Crippen LogP contribution in [-0.2, 0) is 4.79 Å². The third kappa shape index (κ3) is 6.55. The van der Waals surface area contributed by atoms with Crippen molar-refractivity contribution >= 4 is 52.1 Å². The van der Waals surface area contributed by atoms with E-state index in [9.17, 15) is 4.79 Å². The van der Waals surface area contributed by atoms with Crippen LogP contribution in [0.3, 0.4) is 0 Å². The van der Waals surface area contributed by atoms with E-state index in [0.29, 0.717) is 29.5 Å². The van der Waals surface area contributed by atoms with Crippen molar-refractivity contribution in [3.05, 3.63) is 30.1 Å². The number of alkyl halides is 3. The van der Waals surface area contributed by atoms with Crippen LogP contribution in [-0.4, -0.2) is 14.6 Å². The van der Waals surface area contributed by atoms with Gasteiger partial charge in [0.05, 0.1) is 5.69 Å². The number of anilines is 2. The molecule has 3 N–H and O–H groups in total. The molecular weight excluding hydrogens is 333 g/mol. The van der Waals surface area contributed by atoms with E-state index in [0.717, 1.165) is 6.42 Å². The molecular formula is C14H18Cl3N3O. The molecule has 4 nitrogen and oxygen atoms in total. The Morgan fingerprint density at radius 1 is 1.48 bits per heavy atom. The lowest BCUT2D eigenvalue weighted by atomic mass is 10.1. The van der Waals surface area contributed by atoms with Gasteiger partial charge in [0.2, 0.25) is 5.78 Å². The quantitative estimate of drug-likeness (QED) is 0.591. The second-order valence-corrected chi connectivity index (χ2v) is 7.31. The van der Waals surface area contributed by atoms with Gasteiger partial charge in [-0.3, -0.25) is 4.79 Å². The number of nitrogens with two attached hydrogens (primary N) is 1. The summed E-state index contributed by atoms with van der Waals surface area (Å²) in [6.07, 6.45) is 4.41. The number of halogens is 3. The summed E-state index contributed by atoms with van der Waals surface area (Å²) in [6, 6.07) is 3.51. The maximum atomic E-state index is 11.8. The van der Waals surface area contributed by atoms with Crippen LogP contribution in [0, 0.1) is 5.92 Å². The van der Waals surface area contributed by atoms with Gasteiger partial charge in [0.15, 0.2) is 0 Å². The predicted octanol–water partition coefficient (Wildman–Crippen LogP) is 4.34. The van der Waals surface area contributed by atoms with Gasteiger partial charge in [-0.15, -0.1) is 0 Å². The molecule has 0 saturated carbocycles. The molecule has 1 aromatic heterocycles. The molecule has 0 amide bonds. The summed E-state index contributed by atoms with van der Waals surface area (Å²) in [7, 11) is 0. The molecule has 1 rings (SSSR count). The first kappa shape index (κ1) is 18.1. The molecule has 0 saturated heterocycles. The zero-order chi connectivity index (χ0) is 16.0. The van der Waals surface area contributed by atoms with E-state index in [1.165, 1.54) is 6.08 Å². The molecule has 0 spiro atoms. The van der Waals surface area contributed by atoms with Gasteiger partial charge in [0, 0.05) is 18.0 Å². The lowest BCUT2D eigenvalue weighted by molar-refractivity contribution is -0.113. The highest BCUT2D eigenvalue weighted by Gasteiger charge is 2.28. The van der Waals surface area contributed by atoms with Crippen molar-refractivity contribution in [3.8, 4) is 0 Å². The zero-order valence-corrected chi connectivity index (χ0v) is 14.1. The van der Waals surface area contributed by atoms with Gasteiger partial charge < -0.3 is 11.1 Å². The van der Waals surface area contributed by atoms with Crippen molar-refractivity contribution in [1.82, 2.24) is 4.98 Å². The molecule has 0 unspecified atom stereocenters. The maximum Gasteiger partial charge on any atom is 0.252 e. The molecule has 0 fully saturated rings. The number of hydrogen-bond acceptors (Lipinski definition) is 4. The largest absolute Gasteiger partial charge is 0.382 e. The highest BCUT2D eigenvalue weighted by molar-refractivity contribution is 6.77. The van der Waals surface area contributed by atoms with E-state index in [1.54, 1.807) is 18.3 Å². The molecule has 0 bridgehead atoms. The SMILES string of the molecule is CC(C)CC/C(=C\C(=O)C(Cl)(Cl)Cl)Nc1cccnc1N. The summed E-state index contributed by atoms with van der Waals surface area (Å²) in [5.41, 5.74) is 7.03. The van der Waals surface area contributed by atoms with Crippen LogP contribution >= 0.6 is 34.8 Å². The Balaban J connectivity index is 2.95. The Bertz CT molecular complexity index is 524. The fraction of sp³-hybridized carbons (Fsp3) is 0.429. The van der Waals surface area contributed by atoms with Crippen LogP contribution in [0.1, 0.15) is 26.7 Å². The monoisotopic (exact) mass is 349 g/mol. The van der Waals surface area contributed by atoms with Gasteiger partial charge in [-0.05, 0) is 30.9 Å². The number of nitrogens with zero attached hydrogens (tertiary/aromatic N) is 1. The number of carbonyl (C=O) groups excluding carboxylic acids is 1. The fourth-order valence-corrected chi connectivity index (χ4v) is 1.71. The van der Waals surface area contributed by atoms with Gasteiger partial charge in [0.1, 0.15) is 5.82 Å². The zero-order valence-electron chi connectivity index (χ0n) is 11.9. The molecule has 0 aliphatic heterocycles. The minimum atomic E-state index is -1.97. The summed E-state index contributed by atoms with van der Waals surface area (Å²) in [6.45, 7) is 4.18. The number of aromatic nitrogens is 1. The number of rotatable bonds is 6. The number of nitrogens with one attached hydrogen (secondary N) is 1. The fourth-order valence-electron chi connectivity index (χ4n) is 1.55. The van der Waals surface area contributed by atoms with Crippen LogP contribution < -0.4 is 11.1 Å². The molecule has 116 valence electrons. The smallest absolute Gasteiger partial charge is 0.252 e. The Morgan fingerprint density at radius 2 is 2.14 bits per heavy atom. The molecule has 1 heterocycles. The van der Waals surface area contributed by atoms with Gasteiger partial charge in [-0.2, -0.15) is 0 Å². The standard InChI is InChI=1S/C14H18Cl3N3O/c1-9(2)5-6-10(8-12(21)14(15,16)17)20-11-4-3-7-19-13(11)18/h3-4,7-9,20H,5-6H2,1-2H3,(H2,18,19)/b10-8+. The van der Waals surface area contributed by atoms with Gasteiger partial charge in [-0.25, -0.2) is 4.98 Å². The van der Waals surface area contributed by atoms with E-state index < -0.39 is 9.58 Å². The number of carbonyl (C=O) groups is 1. The molecule has 0 aliphatic rings. The van der Waals surface area contributed by atoms with Crippen molar-refractivity contribution in [3.63, 3.8) is 0 Å². The number of ketones is 1. The highest BCUT2D eigenvalue weighted by Crippen LogP contribution is 2.29. The second kappa shape index (κ2) is 7.87. The summed E-state index contributed by atoms with van der Waals surface area (Å²) in [5.74, 6) is 0.222. The van der Waals surface area contributed by atoms with Crippen molar-refractivity contribution in [2.24, 2.45) is 5.92 Å². The van der Waals surface area contributed by atoms with E-state index in [2.05, 4.69) is 24.1 Å². The van der Waals surface area contributed by atoms with E-state index in [-0.39, 0.29) is 0 Å². The van der Waals surface area contributed by atoms with Crippen LogP contribution in [0.2, 0.25) is 0 Å². The average Bonchev–Trinajstić information content (AvgIpc) is 2.37. The third-order valence-corrected chi connectivity index (χ3v) is 3.27. The number of nitrogen functional groups attached to an aromatic ring is 1. The summed E-state index contributed by atoms with van der Waals surface area (Å²) >= 11 is 16.8. The lowest BCUT2D eigenvalue weighted by Crippen LogP contribution is -2.18. The van der Waals surface area contributed by atoms with Crippen molar-refractivity contribution < 1.29 is 4.79 Å². The van der Waals surface area contributed by atoms with Crippen LogP contribution in [0.15, 0.2) is 30.1 Å². The second-order valence-electron chi connectivity index (χ2n) is 5.03. The normalized spacial score (nSPS) is 12.6. The Kier molecular flexibility index (Phi) is 6.78. The van der Waals surface area contributed by atoms with Gasteiger partial charge in [-0.1, -0.05) is 48.7 Å². The van der Waals surface area contributed by atoms with Crippen LogP contribution in [0.5, 0.6) is 0 Å². The van der Waals surface area contributed by atoms with Crippen LogP contribution in [0.25, 0.3) is 0 Å². The predicted molar refractivity (Wildman–Crippen MR) is 89.7 cm³/mol. The summed E-state index contributed by atoms with van der Waals surface area (Å²) < 4.78 is -1.97. The molecule has 0 aromatic carbocycles. The first-order valence-electron chi connectivity index (χ1n) is 6.49. The molecule has 0 aliphatic carbocycles. The van der Waals surface area contributed by atoms with E-state index in [4.69, 9.17) is 40.5 Å². The molecule has 21 heavy (non-hydrogen) atoms. The minimum Gasteiger partial charge on any atom is -0.382 e. The molecule has 0 radical (unpaired) electrons. The average molecular weight is 351 g/mol. The molecule has 7 heteroatoms. The number of pyridine rings is 1. The Labute approximate surface area is 139 Å². The Hall–Kier alpha value is -0.970. The van der Waals surface area contributed by atoms with Gasteiger partial charge in [0.25, 0.3) is 3.79 Å². The maximum absolute atomic E-state index is 11.8. The Morgan fingerprint density at radius 3 is 2.67 bits per heavy atom. The van der Waals surface area contributed by atoms with Crippen LogP contribution in [0.4, 0.5) is 11.5 Å². The minimum absolute atomic E-state index is 0.342.